The number of halogens is 3. The van der Waals surface area contributed by atoms with Crippen molar-refractivity contribution in [3.8, 4) is 5.75 Å². The molecule has 0 fully saturated rings. The minimum atomic E-state index is -0.780. The fraction of sp³-hybridized carbons (Fsp3) is 0.400. The van der Waals surface area contributed by atoms with Gasteiger partial charge in [-0.05, 0) is 22.0 Å². The summed E-state index contributed by atoms with van der Waals surface area (Å²) in [5.74, 6) is -1.52. The van der Waals surface area contributed by atoms with Crippen LogP contribution in [0.5, 0.6) is 5.75 Å². The molecule has 1 aromatic carbocycles. The molecule has 0 saturated carbocycles. The molecule has 0 unspecified atom stereocenters. The van der Waals surface area contributed by atoms with Gasteiger partial charge in [-0.15, -0.1) is 0 Å². The third-order valence-corrected chi connectivity index (χ3v) is 2.44. The molecule has 0 N–H and O–H groups in total. The van der Waals surface area contributed by atoms with Gasteiger partial charge in [0.05, 0.1) is 4.47 Å². The van der Waals surface area contributed by atoms with E-state index in [2.05, 4.69) is 15.9 Å². The van der Waals surface area contributed by atoms with Gasteiger partial charge in [-0.1, -0.05) is 0 Å². The zero-order valence-corrected chi connectivity index (χ0v) is 10.4. The van der Waals surface area contributed by atoms with Gasteiger partial charge in [0.1, 0.15) is 12.4 Å². The number of methoxy groups -OCH3 is 2. The molecule has 90 valence electrons. The van der Waals surface area contributed by atoms with Gasteiger partial charge in [0, 0.05) is 20.3 Å². The van der Waals surface area contributed by atoms with Crippen LogP contribution in [0.15, 0.2) is 16.6 Å². The van der Waals surface area contributed by atoms with Gasteiger partial charge in [-0.2, -0.15) is 0 Å². The number of ether oxygens (including phenoxy) is 3. The lowest BCUT2D eigenvalue weighted by Gasteiger charge is -2.15. The summed E-state index contributed by atoms with van der Waals surface area (Å²) in [5, 5.41) is 0. The van der Waals surface area contributed by atoms with Crippen molar-refractivity contribution in [3.63, 3.8) is 0 Å². The predicted octanol–water partition coefficient (Wildman–Crippen LogP) is 2.73. The van der Waals surface area contributed by atoms with Crippen LogP contribution in [-0.4, -0.2) is 27.1 Å². The molecule has 0 aliphatic heterocycles. The molecule has 0 bridgehead atoms. The molecule has 0 amide bonds. The first-order chi connectivity index (χ1) is 7.58. The summed E-state index contributed by atoms with van der Waals surface area (Å²) < 4.78 is 41.1. The normalized spacial score (nSPS) is 10.9. The molecule has 0 radical (unpaired) electrons. The van der Waals surface area contributed by atoms with E-state index in [0.717, 1.165) is 12.1 Å². The Labute approximate surface area is 100 Å². The van der Waals surface area contributed by atoms with Crippen LogP contribution in [0.2, 0.25) is 0 Å². The largest absolute Gasteiger partial charge is 0.484 e. The Hall–Kier alpha value is -0.720. The smallest absolute Gasteiger partial charge is 0.191 e. The molecule has 16 heavy (non-hydrogen) atoms. The predicted molar refractivity (Wildman–Crippen MR) is 57.4 cm³/mol. The van der Waals surface area contributed by atoms with Crippen molar-refractivity contribution in [2.24, 2.45) is 0 Å². The molecule has 0 aromatic heterocycles. The molecule has 1 aromatic rings. The maximum absolute atomic E-state index is 13.3. The Morgan fingerprint density at radius 3 is 2.38 bits per heavy atom. The molecule has 0 aliphatic carbocycles. The topological polar surface area (TPSA) is 27.7 Å². The van der Waals surface area contributed by atoms with Gasteiger partial charge in [0.2, 0.25) is 0 Å². The van der Waals surface area contributed by atoms with Gasteiger partial charge in [-0.25, -0.2) is 8.78 Å². The minimum Gasteiger partial charge on any atom is -0.484 e. The number of benzene rings is 1. The van der Waals surface area contributed by atoms with Crippen molar-refractivity contribution in [3.05, 3.63) is 28.2 Å². The molecule has 6 heteroatoms. The summed E-state index contributed by atoms with van der Waals surface area (Å²) in [6.45, 7) is 0.00809. The first kappa shape index (κ1) is 13.3. The van der Waals surface area contributed by atoms with Crippen LogP contribution in [0, 0.1) is 11.6 Å². The first-order valence-electron chi connectivity index (χ1n) is 4.41. The monoisotopic (exact) mass is 296 g/mol. The van der Waals surface area contributed by atoms with Gasteiger partial charge >= 0.3 is 0 Å². The Morgan fingerprint density at radius 1 is 1.25 bits per heavy atom. The van der Waals surface area contributed by atoms with Gasteiger partial charge in [-0.3, -0.25) is 0 Å². The highest BCUT2D eigenvalue weighted by atomic mass is 79.9. The summed E-state index contributed by atoms with van der Waals surface area (Å²) >= 11 is 3.01. The molecule has 0 heterocycles. The van der Waals surface area contributed by atoms with E-state index in [1.165, 1.54) is 14.2 Å². The van der Waals surface area contributed by atoms with Crippen molar-refractivity contribution < 1.29 is 23.0 Å². The molecule has 0 spiro atoms. The van der Waals surface area contributed by atoms with Gasteiger partial charge in [0.25, 0.3) is 0 Å². The van der Waals surface area contributed by atoms with Gasteiger partial charge in [0.15, 0.2) is 17.9 Å². The third-order valence-electron chi connectivity index (χ3n) is 1.85. The van der Waals surface area contributed by atoms with Crippen molar-refractivity contribution in [2.75, 3.05) is 20.8 Å². The van der Waals surface area contributed by atoms with Crippen molar-refractivity contribution in [1.82, 2.24) is 0 Å². The molecular formula is C10H11BrF2O3. The van der Waals surface area contributed by atoms with Crippen LogP contribution in [0.4, 0.5) is 8.78 Å². The highest BCUT2D eigenvalue weighted by Gasteiger charge is 2.13. The second-order valence-electron chi connectivity index (χ2n) is 2.91. The lowest BCUT2D eigenvalue weighted by atomic mass is 10.3. The Bertz CT molecular complexity index is 333. The van der Waals surface area contributed by atoms with E-state index in [1.807, 2.05) is 0 Å². The second kappa shape index (κ2) is 6.12. The highest BCUT2D eigenvalue weighted by molar-refractivity contribution is 9.10. The summed E-state index contributed by atoms with van der Waals surface area (Å²) in [4.78, 5) is 0. The average Bonchev–Trinajstić information content (AvgIpc) is 2.22. The van der Waals surface area contributed by atoms with Crippen LogP contribution >= 0.6 is 15.9 Å². The van der Waals surface area contributed by atoms with E-state index in [1.54, 1.807) is 0 Å². The van der Waals surface area contributed by atoms with E-state index >= 15 is 0 Å². The Balaban J connectivity index is 2.74. The standard InChI is InChI=1S/C10H11BrF2O3/c1-14-9(15-2)5-16-10-7(11)3-6(12)4-8(10)13/h3-4,9H,5H2,1-2H3. The first-order valence-corrected chi connectivity index (χ1v) is 5.20. The lowest BCUT2D eigenvalue weighted by Crippen LogP contribution is -2.22. The lowest BCUT2D eigenvalue weighted by molar-refractivity contribution is -0.122. The van der Waals surface area contributed by atoms with Crippen LogP contribution in [-0.2, 0) is 9.47 Å². The Kier molecular flexibility index (Phi) is 5.11. The van der Waals surface area contributed by atoms with Crippen molar-refractivity contribution in [1.29, 1.82) is 0 Å². The number of hydrogen-bond acceptors (Lipinski definition) is 3. The molecule has 1 rings (SSSR count). The summed E-state index contributed by atoms with van der Waals surface area (Å²) in [7, 11) is 2.88. The fourth-order valence-electron chi connectivity index (χ4n) is 1.05. The molecule has 0 saturated heterocycles. The van der Waals surface area contributed by atoms with E-state index in [9.17, 15) is 8.78 Å². The summed E-state index contributed by atoms with van der Waals surface area (Å²) in [6.07, 6.45) is -0.601. The van der Waals surface area contributed by atoms with Gasteiger partial charge < -0.3 is 14.2 Å². The minimum absolute atomic E-state index is 0.00809. The Morgan fingerprint density at radius 2 is 1.88 bits per heavy atom. The third kappa shape index (κ3) is 3.40. The molecule has 3 nitrogen and oxygen atoms in total. The SMILES string of the molecule is COC(COc1c(F)cc(F)cc1Br)OC. The number of hydrogen-bond donors (Lipinski definition) is 0. The second-order valence-corrected chi connectivity index (χ2v) is 3.76. The van der Waals surface area contributed by atoms with E-state index in [0.29, 0.717) is 0 Å². The highest BCUT2D eigenvalue weighted by Crippen LogP contribution is 2.29. The van der Waals surface area contributed by atoms with Crippen LogP contribution in [0.25, 0.3) is 0 Å². The van der Waals surface area contributed by atoms with E-state index in [4.69, 9.17) is 14.2 Å². The zero-order chi connectivity index (χ0) is 12.1. The van der Waals surface area contributed by atoms with Crippen LogP contribution in [0.3, 0.4) is 0 Å². The molecular weight excluding hydrogens is 286 g/mol. The quantitative estimate of drug-likeness (QED) is 0.782. The average molecular weight is 297 g/mol. The van der Waals surface area contributed by atoms with Crippen LogP contribution < -0.4 is 4.74 Å². The fourth-order valence-corrected chi connectivity index (χ4v) is 1.57. The van der Waals surface area contributed by atoms with Crippen molar-refractivity contribution >= 4 is 15.9 Å². The van der Waals surface area contributed by atoms with E-state index < -0.39 is 17.9 Å². The van der Waals surface area contributed by atoms with E-state index in [-0.39, 0.29) is 16.8 Å². The molecule has 0 aliphatic rings. The number of rotatable bonds is 5. The maximum Gasteiger partial charge on any atom is 0.191 e. The summed E-state index contributed by atoms with van der Waals surface area (Å²) in [6, 6.07) is 1.86. The molecule has 0 atom stereocenters. The van der Waals surface area contributed by atoms with Crippen LogP contribution in [0.1, 0.15) is 0 Å². The van der Waals surface area contributed by atoms with Crippen molar-refractivity contribution in [2.45, 2.75) is 6.29 Å². The maximum atomic E-state index is 13.3. The summed E-state index contributed by atoms with van der Waals surface area (Å²) in [5.41, 5.74) is 0. The zero-order valence-electron chi connectivity index (χ0n) is 8.80.